The predicted molar refractivity (Wildman–Crippen MR) is 90.8 cm³/mol. The number of rotatable bonds is 4. The van der Waals surface area contributed by atoms with Gasteiger partial charge in [-0.05, 0) is 71.5 Å². The molecule has 5 heteroatoms. The molecule has 2 amide bonds. The van der Waals surface area contributed by atoms with Gasteiger partial charge < -0.3 is 16.4 Å². The van der Waals surface area contributed by atoms with Crippen molar-refractivity contribution in [1.82, 2.24) is 0 Å². The van der Waals surface area contributed by atoms with Gasteiger partial charge in [0.05, 0.1) is 0 Å². The molecule has 4 N–H and O–H groups in total. The highest BCUT2D eigenvalue weighted by Crippen LogP contribution is 2.21. The Morgan fingerprint density at radius 3 is 2.15 bits per heavy atom. The highest BCUT2D eigenvalue weighted by molar-refractivity contribution is 14.1. The van der Waals surface area contributed by atoms with Crippen LogP contribution in [-0.2, 0) is 0 Å². The van der Waals surface area contributed by atoms with E-state index in [1.807, 2.05) is 24.3 Å². The Morgan fingerprint density at radius 2 is 1.60 bits per heavy atom. The third-order valence-electron chi connectivity index (χ3n) is 2.91. The van der Waals surface area contributed by atoms with E-state index in [2.05, 4.69) is 64.4 Å². The standard InChI is InChI=1S/C15H16IN3O/c1-10(11-2-4-12(16)5-3-11)18-13-6-8-14(9-7-13)19-15(17)20/h2-10,18H,1H3,(H3,17,19,20). The summed E-state index contributed by atoms with van der Waals surface area (Å²) in [5.41, 5.74) is 7.97. The molecule has 0 aliphatic rings. The van der Waals surface area contributed by atoms with E-state index in [0.717, 1.165) is 5.69 Å². The number of carbonyl (C=O) groups excluding carboxylic acids is 1. The van der Waals surface area contributed by atoms with Gasteiger partial charge in [-0.1, -0.05) is 12.1 Å². The molecule has 0 saturated carbocycles. The average Bonchev–Trinajstić information content (AvgIpc) is 2.41. The molecule has 0 fully saturated rings. The number of halogens is 1. The first-order valence-corrected chi connectivity index (χ1v) is 7.31. The van der Waals surface area contributed by atoms with Crippen LogP contribution in [0.15, 0.2) is 48.5 Å². The van der Waals surface area contributed by atoms with Crippen LogP contribution < -0.4 is 16.4 Å². The van der Waals surface area contributed by atoms with Gasteiger partial charge in [-0.3, -0.25) is 0 Å². The van der Waals surface area contributed by atoms with Gasteiger partial charge in [-0.2, -0.15) is 0 Å². The number of hydrogen-bond donors (Lipinski definition) is 3. The SMILES string of the molecule is CC(Nc1ccc(NC(N)=O)cc1)c1ccc(I)cc1. The van der Waals surface area contributed by atoms with Crippen molar-refractivity contribution >= 4 is 40.0 Å². The number of carbonyl (C=O) groups is 1. The van der Waals surface area contributed by atoms with Crippen molar-refractivity contribution in [3.05, 3.63) is 57.7 Å². The molecule has 0 aromatic heterocycles. The quantitative estimate of drug-likeness (QED) is 0.702. The third kappa shape index (κ3) is 4.12. The summed E-state index contributed by atoms with van der Waals surface area (Å²) in [7, 11) is 0. The van der Waals surface area contributed by atoms with Crippen molar-refractivity contribution in [1.29, 1.82) is 0 Å². The lowest BCUT2D eigenvalue weighted by atomic mass is 10.1. The number of urea groups is 1. The Morgan fingerprint density at radius 1 is 1.05 bits per heavy atom. The van der Waals surface area contributed by atoms with E-state index in [1.165, 1.54) is 9.13 Å². The van der Waals surface area contributed by atoms with Crippen LogP contribution >= 0.6 is 22.6 Å². The lowest BCUT2D eigenvalue weighted by molar-refractivity contribution is 0.259. The first kappa shape index (κ1) is 14.6. The summed E-state index contributed by atoms with van der Waals surface area (Å²) in [6.07, 6.45) is 0. The molecule has 0 radical (unpaired) electrons. The van der Waals surface area contributed by atoms with Crippen LogP contribution in [0.3, 0.4) is 0 Å². The highest BCUT2D eigenvalue weighted by Gasteiger charge is 2.05. The number of benzene rings is 2. The number of hydrogen-bond acceptors (Lipinski definition) is 2. The summed E-state index contributed by atoms with van der Waals surface area (Å²) in [5.74, 6) is 0. The fourth-order valence-corrected chi connectivity index (χ4v) is 2.24. The van der Waals surface area contributed by atoms with E-state index in [0.29, 0.717) is 5.69 Å². The maximum Gasteiger partial charge on any atom is 0.316 e. The lowest BCUT2D eigenvalue weighted by Gasteiger charge is -2.16. The molecule has 20 heavy (non-hydrogen) atoms. The third-order valence-corrected chi connectivity index (χ3v) is 3.62. The Balaban J connectivity index is 2.02. The molecule has 0 bridgehead atoms. The summed E-state index contributed by atoms with van der Waals surface area (Å²) >= 11 is 2.29. The summed E-state index contributed by atoms with van der Waals surface area (Å²) in [6.45, 7) is 2.11. The van der Waals surface area contributed by atoms with E-state index in [9.17, 15) is 4.79 Å². The van der Waals surface area contributed by atoms with Crippen molar-refractivity contribution in [2.75, 3.05) is 10.6 Å². The molecule has 0 spiro atoms. The van der Waals surface area contributed by atoms with Crippen molar-refractivity contribution < 1.29 is 4.79 Å². The topological polar surface area (TPSA) is 67.2 Å². The number of amides is 2. The zero-order valence-electron chi connectivity index (χ0n) is 11.1. The molecule has 0 heterocycles. The lowest BCUT2D eigenvalue weighted by Crippen LogP contribution is -2.19. The fraction of sp³-hybridized carbons (Fsp3) is 0.133. The molecule has 0 aliphatic carbocycles. The van der Waals surface area contributed by atoms with Crippen LogP contribution in [0.1, 0.15) is 18.5 Å². The molecule has 2 aromatic carbocycles. The minimum atomic E-state index is -0.557. The summed E-state index contributed by atoms with van der Waals surface area (Å²) < 4.78 is 1.22. The van der Waals surface area contributed by atoms with Gasteiger partial charge in [-0.25, -0.2) is 4.79 Å². The van der Waals surface area contributed by atoms with Crippen molar-refractivity contribution in [2.24, 2.45) is 5.73 Å². The number of primary amides is 1. The van der Waals surface area contributed by atoms with Crippen molar-refractivity contribution in [3.8, 4) is 0 Å². The van der Waals surface area contributed by atoms with Crippen LogP contribution in [0.25, 0.3) is 0 Å². The van der Waals surface area contributed by atoms with Gasteiger partial charge in [0, 0.05) is 21.0 Å². The second-order valence-corrected chi connectivity index (χ2v) is 5.73. The fourth-order valence-electron chi connectivity index (χ4n) is 1.88. The molecule has 1 unspecified atom stereocenters. The highest BCUT2D eigenvalue weighted by atomic mass is 127. The molecule has 1 atom stereocenters. The van der Waals surface area contributed by atoms with Gasteiger partial charge in [0.15, 0.2) is 0 Å². The molecule has 104 valence electrons. The molecular formula is C15H16IN3O. The normalized spacial score (nSPS) is 11.7. The Hall–Kier alpha value is -1.76. The second kappa shape index (κ2) is 6.60. The van der Waals surface area contributed by atoms with E-state index in [1.54, 1.807) is 0 Å². The van der Waals surface area contributed by atoms with Gasteiger partial charge in [0.2, 0.25) is 0 Å². The Kier molecular flexibility index (Phi) is 4.84. The maximum absolute atomic E-state index is 10.7. The predicted octanol–water partition coefficient (Wildman–Crippen LogP) is 3.95. The molecule has 0 aliphatic heterocycles. The minimum absolute atomic E-state index is 0.210. The number of nitrogens with two attached hydrogens (primary N) is 1. The summed E-state index contributed by atoms with van der Waals surface area (Å²) in [5, 5.41) is 5.95. The first-order valence-electron chi connectivity index (χ1n) is 6.23. The molecule has 0 saturated heterocycles. The second-order valence-electron chi connectivity index (χ2n) is 4.48. The Bertz CT molecular complexity index is 581. The summed E-state index contributed by atoms with van der Waals surface area (Å²) in [6, 6.07) is 15.5. The van der Waals surface area contributed by atoms with Crippen molar-refractivity contribution in [3.63, 3.8) is 0 Å². The monoisotopic (exact) mass is 381 g/mol. The van der Waals surface area contributed by atoms with Gasteiger partial charge in [-0.15, -0.1) is 0 Å². The molecule has 4 nitrogen and oxygen atoms in total. The number of nitrogens with one attached hydrogen (secondary N) is 2. The van der Waals surface area contributed by atoms with E-state index < -0.39 is 6.03 Å². The molecular weight excluding hydrogens is 365 g/mol. The van der Waals surface area contributed by atoms with Crippen LogP contribution in [0.2, 0.25) is 0 Å². The van der Waals surface area contributed by atoms with E-state index in [-0.39, 0.29) is 6.04 Å². The van der Waals surface area contributed by atoms with Crippen LogP contribution in [-0.4, -0.2) is 6.03 Å². The van der Waals surface area contributed by atoms with Gasteiger partial charge in [0.25, 0.3) is 0 Å². The van der Waals surface area contributed by atoms with Gasteiger partial charge >= 0.3 is 6.03 Å². The van der Waals surface area contributed by atoms with Crippen LogP contribution in [0.4, 0.5) is 16.2 Å². The van der Waals surface area contributed by atoms with Crippen molar-refractivity contribution in [2.45, 2.75) is 13.0 Å². The molecule has 2 aromatic rings. The maximum atomic E-state index is 10.7. The summed E-state index contributed by atoms with van der Waals surface area (Å²) in [4.78, 5) is 10.7. The number of anilines is 2. The zero-order chi connectivity index (χ0) is 14.5. The van der Waals surface area contributed by atoms with Crippen LogP contribution in [0.5, 0.6) is 0 Å². The van der Waals surface area contributed by atoms with E-state index in [4.69, 9.17) is 5.73 Å². The van der Waals surface area contributed by atoms with Gasteiger partial charge in [0.1, 0.15) is 0 Å². The smallest absolute Gasteiger partial charge is 0.316 e. The minimum Gasteiger partial charge on any atom is -0.379 e. The largest absolute Gasteiger partial charge is 0.379 e. The zero-order valence-corrected chi connectivity index (χ0v) is 13.2. The Labute approximate surface area is 131 Å². The molecule has 2 rings (SSSR count). The van der Waals surface area contributed by atoms with Crippen LogP contribution in [0, 0.1) is 3.57 Å². The first-order chi connectivity index (χ1) is 9.54. The average molecular weight is 381 g/mol. The van der Waals surface area contributed by atoms with E-state index >= 15 is 0 Å².